The van der Waals surface area contributed by atoms with Gasteiger partial charge in [-0.25, -0.2) is 0 Å². The number of azo groups is 1. The van der Waals surface area contributed by atoms with Crippen molar-refractivity contribution in [2.24, 2.45) is 10.2 Å². The first-order valence-corrected chi connectivity index (χ1v) is 10.7. The highest BCUT2D eigenvalue weighted by atomic mass is 35.5. The van der Waals surface area contributed by atoms with Gasteiger partial charge in [0.05, 0.1) is 33.1 Å². The Hall–Kier alpha value is -3.04. The number of carbonyl (C=O) groups excluding carboxylic acids is 2. The highest BCUT2D eigenvalue weighted by Crippen LogP contribution is 2.42. The first-order valence-electron chi connectivity index (χ1n) is 9.99. The summed E-state index contributed by atoms with van der Waals surface area (Å²) in [6.07, 6.45) is 0. The number of hydrogen-bond donors (Lipinski definition) is 1. The predicted octanol–water partition coefficient (Wildman–Crippen LogP) is 5.49. The van der Waals surface area contributed by atoms with Gasteiger partial charge in [-0.15, -0.1) is 5.11 Å². The van der Waals surface area contributed by atoms with E-state index in [0.29, 0.717) is 30.5 Å². The first kappa shape index (κ1) is 26.2. The van der Waals surface area contributed by atoms with Crippen molar-refractivity contribution in [1.29, 1.82) is 0 Å². The molecule has 1 N–H and O–H groups in total. The number of Topliss-reactive ketones (excluding diaryl/α,β-unsaturated/α-hetero) is 1. The van der Waals surface area contributed by atoms with Gasteiger partial charge in [-0.05, 0) is 45.0 Å². The SMILES string of the molecule is CCOc1ccc(OCC)c(N=NC(C(C)=O)C(=O)Nc2ccc(OC)c(OC)c2Cl)c1Cl. The number of carbonyl (C=O) groups is 2. The molecule has 0 saturated heterocycles. The van der Waals surface area contributed by atoms with Crippen molar-refractivity contribution in [3.05, 3.63) is 34.3 Å². The Kier molecular flexibility index (Phi) is 9.74. The number of hydrogen-bond acceptors (Lipinski definition) is 8. The second-order valence-electron chi connectivity index (χ2n) is 6.47. The molecule has 0 spiro atoms. The van der Waals surface area contributed by atoms with Crippen LogP contribution in [0, 0.1) is 0 Å². The third kappa shape index (κ3) is 6.27. The molecule has 11 heteroatoms. The van der Waals surface area contributed by atoms with E-state index in [-0.39, 0.29) is 27.2 Å². The minimum atomic E-state index is -1.46. The van der Waals surface area contributed by atoms with Crippen molar-refractivity contribution in [1.82, 2.24) is 0 Å². The molecule has 2 aromatic carbocycles. The maximum atomic E-state index is 12.8. The van der Waals surface area contributed by atoms with Gasteiger partial charge in [-0.3, -0.25) is 9.59 Å². The molecule has 0 aliphatic carbocycles. The van der Waals surface area contributed by atoms with Crippen molar-refractivity contribution in [2.45, 2.75) is 26.8 Å². The van der Waals surface area contributed by atoms with Crippen LogP contribution in [0.25, 0.3) is 0 Å². The van der Waals surface area contributed by atoms with Gasteiger partial charge in [0.15, 0.2) is 17.3 Å². The molecule has 33 heavy (non-hydrogen) atoms. The van der Waals surface area contributed by atoms with Gasteiger partial charge in [0, 0.05) is 0 Å². The van der Waals surface area contributed by atoms with E-state index >= 15 is 0 Å². The second-order valence-corrected chi connectivity index (χ2v) is 7.23. The molecule has 0 fully saturated rings. The summed E-state index contributed by atoms with van der Waals surface area (Å²) < 4.78 is 21.4. The topological polar surface area (TPSA) is 108 Å². The zero-order chi connectivity index (χ0) is 24.5. The predicted molar refractivity (Wildman–Crippen MR) is 126 cm³/mol. The Labute approximate surface area is 202 Å². The summed E-state index contributed by atoms with van der Waals surface area (Å²) in [7, 11) is 2.87. The van der Waals surface area contributed by atoms with Crippen LogP contribution in [0.1, 0.15) is 20.8 Å². The number of ether oxygens (including phenoxy) is 4. The summed E-state index contributed by atoms with van der Waals surface area (Å²) in [5, 5.41) is 10.8. The summed E-state index contributed by atoms with van der Waals surface area (Å²) >= 11 is 12.7. The molecule has 0 bridgehead atoms. The number of methoxy groups -OCH3 is 2. The van der Waals surface area contributed by atoms with Gasteiger partial charge in [-0.2, -0.15) is 5.11 Å². The Morgan fingerprint density at radius 3 is 2.12 bits per heavy atom. The Balaban J connectivity index is 2.38. The number of anilines is 1. The van der Waals surface area contributed by atoms with Gasteiger partial charge in [-0.1, -0.05) is 23.2 Å². The Morgan fingerprint density at radius 1 is 0.939 bits per heavy atom. The molecule has 2 aromatic rings. The van der Waals surface area contributed by atoms with E-state index in [1.54, 1.807) is 25.1 Å². The number of amides is 1. The van der Waals surface area contributed by atoms with Crippen molar-refractivity contribution in [2.75, 3.05) is 32.8 Å². The molecule has 2 rings (SSSR count). The molecule has 1 atom stereocenters. The van der Waals surface area contributed by atoms with E-state index in [0.717, 1.165) is 0 Å². The minimum absolute atomic E-state index is 0.107. The minimum Gasteiger partial charge on any atom is -0.493 e. The fourth-order valence-corrected chi connectivity index (χ4v) is 3.31. The van der Waals surface area contributed by atoms with Crippen LogP contribution in [0.4, 0.5) is 11.4 Å². The van der Waals surface area contributed by atoms with E-state index in [9.17, 15) is 9.59 Å². The molecule has 1 amide bonds. The molecule has 0 saturated carbocycles. The average Bonchev–Trinajstić information content (AvgIpc) is 2.78. The van der Waals surface area contributed by atoms with Crippen molar-refractivity contribution in [3.63, 3.8) is 0 Å². The highest BCUT2D eigenvalue weighted by Gasteiger charge is 2.26. The summed E-state index contributed by atoms with van der Waals surface area (Å²) in [4.78, 5) is 25.0. The summed E-state index contributed by atoms with van der Waals surface area (Å²) in [6, 6.07) is 4.89. The molecule has 0 radical (unpaired) electrons. The smallest absolute Gasteiger partial charge is 0.258 e. The van der Waals surface area contributed by atoms with E-state index in [4.69, 9.17) is 42.1 Å². The van der Waals surface area contributed by atoms with Gasteiger partial charge in [0.2, 0.25) is 6.04 Å². The second kappa shape index (κ2) is 12.3. The summed E-state index contributed by atoms with van der Waals surface area (Å²) in [5.41, 5.74) is 0.361. The molecular weight excluding hydrogens is 473 g/mol. The fourth-order valence-electron chi connectivity index (χ4n) is 2.78. The molecule has 9 nitrogen and oxygen atoms in total. The van der Waals surface area contributed by atoms with Crippen LogP contribution in [-0.4, -0.2) is 45.2 Å². The summed E-state index contributed by atoms with van der Waals surface area (Å²) in [5.74, 6) is 0.0468. The molecule has 1 unspecified atom stereocenters. The van der Waals surface area contributed by atoms with Crippen LogP contribution in [0.5, 0.6) is 23.0 Å². The zero-order valence-corrected chi connectivity index (χ0v) is 20.4. The lowest BCUT2D eigenvalue weighted by Crippen LogP contribution is -2.32. The van der Waals surface area contributed by atoms with Crippen LogP contribution in [0.2, 0.25) is 10.0 Å². The van der Waals surface area contributed by atoms with Crippen LogP contribution in [-0.2, 0) is 9.59 Å². The molecule has 178 valence electrons. The Morgan fingerprint density at radius 2 is 1.55 bits per heavy atom. The third-order valence-corrected chi connectivity index (χ3v) is 5.03. The summed E-state index contributed by atoms with van der Waals surface area (Å²) in [6.45, 7) is 5.56. The Bertz CT molecular complexity index is 1050. The monoisotopic (exact) mass is 497 g/mol. The first-order chi connectivity index (χ1) is 15.8. The lowest BCUT2D eigenvalue weighted by molar-refractivity contribution is -0.126. The van der Waals surface area contributed by atoms with E-state index < -0.39 is 17.7 Å². The van der Waals surface area contributed by atoms with Crippen LogP contribution in [0.15, 0.2) is 34.5 Å². The van der Waals surface area contributed by atoms with Gasteiger partial charge >= 0.3 is 0 Å². The van der Waals surface area contributed by atoms with Gasteiger partial charge in [0.1, 0.15) is 27.2 Å². The lowest BCUT2D eigenvalue weighted by Gasteiger charge is -2.15. The number of nitrogens with zero attached hydrogens (tertiary/aromatic N) is 2. The van der Waals surface area contributed by atoms with Crippen molar-refractivity contribution in [3.8, 4) is 23.0 Å². The van der Waals surface area contributed by atoms with Crippen molar-refractivity contribution >= 4 is 46.3 Å². The number of halogens is 2. The van der Waals surface area contributed by atoms with Gasteiger partial charge in [0.25, 0.3) is 5.91 Å². The molecule has 0 aliphatic heterocycles. The van der Waals surface area contributed by atoms with E-state index in [1.165, 1.54) is 27.2 Å². The zero-order valence-electron chi connectivity index (χ0n) is 18.9. The normalized spacial score (nSPS) is 11.7. The van der Waals surface area contributed by atoms with Gasteiger partial charge < -0.3 is 24.3 Å². The quantitative estimate of drug-likeness (QED) is 0.324. The van der Waals surface area contributed by atoms with E-state index in [1.807, 2.05) is 6.92 Å². The van der Waals surface area contributed by atoms with Crippen LogP contribution < -0.4 is 24.3 Å². The number of benzene rings is 2. The lowest BCUT2D eigenvalue weighted by atomic mass is 10.2. The number of ketones is 1. The largest absolute Gasteiger partial charge is 0.493 e. The standard InChI is InChI=1S/C22H25Cl2N3O6/c1-6-32-14-10-11-15(33-7-2)20(18(14)24)27-26-19(12(3)28)22(29)25-13-8-9-16(30-4)21(31-5)17(13)23/h8-11,19H,6-7H2,1-5H3,(H,25,29). The highest BCUT2D eigenvalue weighted by molar-refractivity contribution is 6.36. The van der Waals surface area contributed by atoms with Crippen LogP contribution >= 0.6 is 23.2 Å². The van der Waals surface area contributed by atoms with E-state index in [2.05, 4.69) is 15.5 Å². The maximum absolute atomic E-state index is 12.8. The molecular formula is C22H25Cl2N3O6. The fraction of sp³-hybridized carbons (Fsp3) is 0.364. The third-order valence-electron chi connectivity index (χ3n) is 4.29. The molecule has 0 aliphatic rings. The molecule has 0 aromatic heterocycles. The van der Waals surface area contributed by atoms with Crippen LogP contribution in [0.3, 0.4) is 0 Å². The maximum Gasteiger partial charge on any atom is 0.258 e. The number of nitrogens with one attached hydrogen (secondary N) is 1. The number of rotatable bonds is 11. The van der Waals surface area contributed by atoms with Crippen molar-refractivity contribution < 1.29 is 28.5 Å². The average molecular weight is 498 g/mol. The molecule has 0 heterocycles.